The number of guanidine groups is 1. The quantitative estimate of drug-likeness (QED) is 0.358. The summed E-state index contributed by atoms with van der Waals surface area (Å²) in [5.74, 6) is 0.502. The van der Waals surface area contributed by atoms with Gasteiger partial charge in [0.25, 0.3) is 0 Å². The maximum absolute atomic E-state index is 12.5. The summed E-state index contributed by atoms with van der Waals surface area (Å²) in [6.07, 6.45) is 3.47. The highest BCUT2D eigenvalue weighted by Crippen LogP contribution is 2.17. The van der Waals surface area contributed by atoms with Crippen LogP contribution in [0.4, 0.5) is 5.69 Å². The van der Waals surface area contributed by atoms with Gasteiger partial charge < -0.3 is 15.1 Å². The highest BCUT2D eigenvalue weighted by molar-refractivity contribution is 14.0. The Hall–Kier alpha value is -1.37. The molecule has 1 aromatic heterocycles. The fraction of sp³-hybridized carbons (Fsp3) is 0.688. The molecule has 0 aliphatic carbocycles. The summed E-state index contributed by atoms with van der Waals surface area (Å²) in [6.45, 7) is 6.62. The molecule has 154 valence electrons. The molecule has 1 saturated heterocycles. The molecule has 1 amide bonds. The zero-order valence-corrected chi connectivity index (χ0v) is 19.6. The number of sulfone groups is 1. The second-order valence-corrected chi connectivity index (χ2v) is 10.1. The van der Waals surface area contributed by atoms with E-state index < -0.39 is 14.6 Å². The molecule has 11 heteroatoms. The number of piperazine rings is 1. The number of nitrogens with zero attached hydrogens (tertiary/aromatic N) is 5. The van der Waals surface area contributed by atoms with Crippen LogP contribution in [0.2, 0.25) is 0 Å². The van der Waals surface area contributed by atoms with Crippen molar-refractivity contribution >= 4 is 51.4 Å². The van der Waals surface area contributed by atoms with E-state index >= 15 is 0 Å². The second kappa shape index (κ2) is 9.22. The van der Waals surface area contributed by atoms with E-state index in [1.165, 1.54) is 0 Å². The molecule has 0 spiro atoms. The van der Waals surface area contributed by atoms with Crippen LogP contribution in [0.3, 0.4) is 0 Å². The van der Waals surface area contributed by atoms with Crippen LogP contribution < -0.4 is 10.2 Å². The lowest BCUT2D eigenvalue weighted by molar-refractivity contribution is -0.120. The molecule has 0 bridgehead atoms. The molecule has 27 heavy (non-hydrogen) atoms. The summed E-state index contributed by atoms with van der Waals surface area (Å²) < 4.78 is 25.2. The molecule has 1 aliphatic rings. The maximum Gasteiger partial charge on any atom is 0.246 e. The first-order valence-corrected chi connectivity index (χ1v) is 10.2. The summed E-state index contributed by atoms with van der Waals surface area (Å²) in [7, 11) is 0.225. The van der Waals surface area contributed by atoms with Crippen molar-refractivity contribution in [3.63, 3.8) is 0 Å². The monoisotopic (exact) mass is 512 g/mol. The first-order valence-electron chi connectivity index (χ1n) is 8.52. The average molecular weight is 512 g/mol. The lowest BCUT2D eigenvalue weighted by atomic mass is 10.3. The summed E-state index contributed by atoms with van der Waals surface area (Å²) >= 11 is 0. The lowest BCUT2D eigenvalue weighted by Crippen LogP contribution is -2.55. The second-order valence-electron chi connectivity index (χ2n) is 7.24. The van der Waals surface area contributed by atoms with Crippen LogP contribution in [0.5, 0.6) is 0 Å². The van der Waals surface area contributed by atoms with E-state index in [2.05, 4.69) is 15.4 Å². The van der Waals surface area contributed by atoms with Gasteiger partial charge in [-0.25, -0.2) is 8.42 Å². The van der Waals surface area contributed by atoms with Gasteiger partial charge in [-0.3, -0.25) is 14.5 Å². The predicted molar refractivity (Wildman–Crippen MR) is 117 cm³/mol. The fourth-order valence-corrected chi connectivity index (χ4v) is 3.59. The van der Waals surface area contributed by atoms with Crippen LogP contribution in [-0.2, 0) is 21.7 Å². The molecule has 0 unspecified atom stereocenters. The molecule has 2 heterocycles. The number of amides is 1. The fourth-order valence-electron chi connectivity index (χ4n) is 2.61. The van der Waals surface area contributed by atoms with Crippen LogP contribution in [0, 0.1) is 0 Å². The minimum atomic E-state index is -3.21. The zero-order valence-electron chi connectivity index (χ0n) is 16.5. The van der Waals surface area contributed by atoms with Crippen LogP contribution in [0.1, 0.15) is 20.8 Å². The third-order valence-corrected chi connectivity index (χ3v) is 6.93. The Morgan fingerprint density at radius 3 is 2.48 bits per heavy atom. The Morgan fingerprint density at radius 2 is 2.00 bits per heavy atom. The molecule has 9 nitrogen and oxygen atoms in total. The SMILES string of the molecule is CN=C(NCCS(=O)(=O)C(C)(C)C)N1CCN(c2cnn(C)c2)C(=O)C1.I. The van der Waals surface area contributed by atoms with Crippen molar-refractivity contribution in [2.45, 2.75) is 25.5 Å². The van der Waals surface area contributed by atoms with E-state index in [9.17, 15) is 13.2 Å². The average Bonchev–Trinajstić information content (AvgIpc) is 2.96. The number of aryl methyl sites for hydroxylation is 1. The van der Waals surface area contributed by atoms with Crippen molar-refractivity contribution in [1.29, 1.82) is 0 Å². The first-order chi connectivity index (χ1) is 12.0. The van der Waals surface area contributed by atoms with Gasteiger partial charge in [0.2, 0.25) is 5.91 Å². The van der Waals surface area contributed by atoms with E-state index in [0.29, 0.717) is 19.0 Å². The van der Waals surface area contributed by atoms with Crippen molar-refractivity contribution < 1.29 is 13.2 Å². The third-order valence-electron chi connectivity index (χ3n) is 4.32. The number of aromatic nitrogens is 2. The Kier molecular flexibility index (Phi) is 8.08. The van der Waals surface area contributed by atoms with E-state index in [-0.39, 0.29) is 48.7 Å². The van der Waals surface area contributed by atoms with Gasteiger partial charge in [-0.2, -0.15) is 5.10 Å². The standard InChI is InChI=1S/C16H28N6O3S.HI/c1-16(2,3)26(24,25)9-6-18-15(17-4)21-7-8-22(14(23)12-21)13-10-19-20(5)11-13;/h10-11H,6-9,12H2,1-5H3,(H,17,18);1H. The van der Waals surface area contributed by atoms with Gasteiger partial charge in [0.1, 0.15) is 6.54 Å². The molecule has 1 N–H and O–H groups in total. The van der Waals surface area contributed by atoms with Gasteiger partial charge in [0, 0.05) is 39.9 Å². The smallest absolute Gasteiger partial charge is 0.246 e. The number of aliphatic imine (C=N–C) groups is 1. The van der Waals surface area contributed by atoms with Gasteiger partial charge in [-0.1, -0.05) is 0 Å². The van der Waals surface area contributed by atoms with Crippen molar-refractivity contribution in [3.05, 3.63) is 12.4 Å². The molecular weight excluding hydrogens is 483 g/mol. The Bertz CT molecular complexity index is 784. The van der Waals surface area contributed by atoms with Crippen LogP contribution in [0.15, 0.2) is 17.4 Å². The van der Waals surface area contributed by atoms with Crippen molar-refractivity contribution in [1.82, 2.24) is 20.0 Å². The Labute approximate surface area is 178 Å². The predicted octanol–water partition coefficient (Wildman–Crippen LogP) is 0.475. The highest BCUT2D eigenvalue weighted by Gasteiger charge is 2.30. The number of carbonyl (C=O) groups is 1. The number of hydrogen-bond donors (Lipinski definition) is 1. The Morgan fingerprint density at radius 1 is 1.33 bits per heavy atom. The summed E-state index contributed by atoms with van der Waals surface area (Å²) in [5, 5.41) is 7.15. The molecule has 1 aliphatic heterocycles. The molecule has 0 saturated carbocycles. The van der Waals surface area contributed by atoms with E-state index in [0.717, 1.165) is 5.69 Å². The molecule has 0 radical (unpaired) electrons. The highest BCUT2D eigenvalue weighted by atomic mass is 127. The number of anilines is 1. The van der Waals surface area contributed by atoms with Crippen molar-refractivity contribution in [2.24, 2.45) is 12.0 Å². The van der Waals surface area contributed by atoms with Crippen LogP contribution in [-0.4, -0.2) is 78.7 Å². The van der Waals surface area contributed by atoms with Gasteiger partial charge >= 0.3 is 0 Å². The lowest BCUT2D eigenvalue weighted by Gasteiger charge is -2.35. The summed E-state index contributed by atoms with van der Waals surface area (Å²) in [6, 6.07) is 0. The topological polar surface area (TPSA) is 99.9 Å². The number of halogens is 1. The van der Waals surface area contributed by atoms with Gasteiger partial charge in [0.05, 0.1) is 22.4 Å². The maximum atomic E-state index is 12.5. The molecule has 0 aromatic carbocycles. The molecule has 0 atom stereocenters. The van der Waals surface area contributed by atoms with Gasteiger partial charge in [-0.05, 0) is 20.8 Å². The van der Waals surface area contributed by atoms with Crippen LogP contribution >= 0.6 is 24.0 Å². The van der Waals surface area contributed by atoms with Crippen molar-refractivity contribution in [3.8, 4) is 0 Å². The largest absolute Gasteiger partial charge is 0.355 e. The number of rotatable bonds is 4. The summed E-state index contributed by atoms with van der Waals surface area (Å²) in [5.41, 5.74) is 0.774. The number of carbonyl (C=O) groups excluding carboxylic acids is 1. The molecule has 1 aromatic rings. The van der Waals surface area contributed by atoms with Crippen LogP contribution in [0.25, 0.3) is 0 Å². The van der Waals surface area contributed by atoms with E-state index in [1.54, 1.807) is 49.8 Å². The minimum absolute atomic E-state index is 0. The number of nitrogens with one attached hydrogen (secondary N) is 1. The normalized spacial score (nSPS) is 16.3. The number of hydrogen-bond acceptors (Lipinski definition) is 5. The molecular formula is C16H29IN6O3S. The third kappa shape index (κ3) is 5.80. The Balaban J connectivity index is 0.00000364. The first kappa shape index (κ1) is 23.7. The minimum Gasteiger partial charge on any atom is -0.355 e. The van der Waals surface area contributed by atoms with Crippen molar-refractivity contribution in [2.75, 3.05) is 43.9 Å². The molecule has 1 fully saturated rings. The molecule has 2 rings (SSSR count). The summed E-state index contributed by atoms with van der Waals surface area (Å²) in [4.78, 5) is 20.2. The van der Waals surface area contributed by atoms with Gasteiger partial charge in [-0.15, -0.1) is 24.0 Å². The zero-order chi connectivity index (χ0) is 19.5. The van der Waals surface area contributed by atoms with Gasteiger partial charge in [0.15, 0.2) is 15.8 Å². The van der Waals surface area contributed by atoms with E-state index in [1.807, 2.05) is 11.9 Å². The van der Waals surface area contributed by atoms with E-state index in [4.69, 9.17) is 0 Å².